The van der Waals surface area contributed by atoms with E-state index < -0.39 is 5.54 Å². The number of hydrogen-bond acceptors (Lipinski definition) is 4. The van der Waals surface area contributed by atoms with Crippen LogP contribution in [0.2, 0.25) is 0 Å². The van der Waals surface area contributed by atoms with Gasteiger partial charge in [-0.25, -0.2) is 0 Å². The lowest BCUT2D eigenvalue weighted by Gasteiger charge is -2.70. The zero-order valence-corrected chi connectivity index (χ0v) is 16.3. The average Bonchev–Trinajstić information content (AvgIpc) is 3.51. The number of benzene rings is 1. The molecule has 1 aromatic carbocycles. The quantitative estimate of drug-likeness (QED) is 0.847. The van der Waals surface area contributed by atoms with Crippen LogP contribution in [-0.4, -0.2) is 63.0 Å². The van der Waals surface area contributed by atoms with Crippen molar-refractivity contribution < 1.29 is 14.7 Å². The molecule has 1 aromatic heterocycles. The molecule has 3 aliphatic rings. The topological polar surface area (TPSA) is 73.7 Å². The van der Waals surface area contributed by atoms with Crippen LogP contribution in [-0.2, 0) is 4.79 Å². The minimum atomic E-state index is -0.418. The summed E-state index contributed by atoms with van der Waals surface area (Å²) < 4.78 is 0. The second kappa shape index (κ2) is 6.95. The number of likely N-dealkylation sites (tertiary alicyclic amines) is 2. The number of rotatable bonds is 5. The maximum absolute atomic E-state index is 13.1. The first-order valence-corrected chi connectivity index (χ1v) is 10.3. The van der Waals surface area contributed by atoms with Crippen LogP contribution in [0.1, 0.15) is 41.1 Å². The van der Waals surface area contributed by atoms with Gasteiger partial charge in [-0.2, -0.15) is 0 Å². The second-order valence-electron chi connectivity index (χ2n) is 8.56. The monoisotopic (exact) mass is 391 g/mol. The first kappa shape index (κ1) is 18.3. The Balaban J connectivity index is 1.42. The van der Waals surface area contributed by atoms with Crippen molar-refractivity contribution in [3.05, 3.63) is 66.0 Å². The molecule has 2 atom stereocenters. The number of aliphatic hydroxyl groups excluding tert-OH is 1. The molecule has 1 saturated carbocycles. The maximum Gasteiger partial charge on any atom is 0.255 e. The molecule has 3 heterocycles. The minimum absolute atomic E-state index is 0.0369. The summed E-state index contributed by atoms with van der Waals surface area (Å²) in [5.41, 5.74) is 1.27. The van der Waals surface area contributed by atoms with Crippen molar-refractivity contribution in [3.8, 4) is 0 Å². The number of amides is 2. The van der Waals surface area contributed by atoms with E-state index in [0.29, 0.717) is 31.0 Å². The molecule has 1 spiro atoms. The van der Waals surface area contributed by atoms with E-state index in [0.717, 1.165) is 18.4 Å². The third-order valence-corrected chi connectivity index (χ3v) is 6.67. The summed E-state index contributed by atoms with van der Waals surface area (Å²) in [5, 5.41) is 10.1. The summed E-state index contributed by atoms with van der Waals surface area (Å²) in [6, 6.07) is 13.4. The van der Waals surface area contributed by atoms with Gasteiger partial charge in [0.2, 0.25) is 5.91 Å². The molecule has 1 N–H and O–H groups in total. The Morgan fingerprint density at radius 3 is 2.48 bits per heavy atom. The number of aromatic nitrogens is 1. The van der Waals surface area contributed by atoms with Gasteiger partial charge in [0, 0.05) is 37.8 Å². The lowest BCUT2D eigenvalue weighted by Crippen LogP contribution is -2.86. The normalized spacial score (nSPS) is 24.7. The molecule has 150 valence electrons. The van der Waals surface area contributed by atoms with E-state index in [1.807, 2.05) is 23.1 Å². The smallest absolute Gasteiger partial charge is 0.255 e. The molecular formula is C23H25N3O3. The van der Waals surface area contributed by atoms with E-state index >= 15 is 0 Å². The highest BCUT2D eigenvalue weighted by atomic mass is 16.3. The number of pyridine rings is 1. The third kappa shape index (κ3) is 2.94. The predicted octanol–water partition coefficient (Wildman–Crippen LogP) is 2.06. The van der Waals surface area contributed by atoms with E-state index in [1.165, 1.54) is 0 Å². The van der Waals surface area contributed by atoms with Crippen molar-refractivity contribution in [1.29, 1.82) is 0 Å². The van der Waals surface area contributed by atoms with Gasteiger partial charge in [0.25, 0.3) is 5.91 Å². The van der Waals surface area contributed by atoms with Crippen LogP contribution >= 0.6 is 0 Å². The molecule has 2 aliphatic heterocycles. The number of hydrogen-bond donors (Lipinski definition) is 1. The molecule has 0 unspecified atom stereocenters. The van der Waals surface area contributed by atoms with E-state index in [4.69, 9.17) is 0 Å². The second-order valence-corrected chi connectivity index (χ2v) is 8.56. The van der Waals surface area contributed by atoms with Gasteiger partial charge in [0.05, 0.1) is 23.8 Å². The van der Waals surface area contributed by atoms with Crippen LogP contribution in [0.3, 0.4) is 0 Å². The van der Waals surface area contributed by atoms with E-state index in [9.17, 15) is 14.7 Å². The highest BCUT2D eigenvalue weighted by molar-refractivity contribution is 5.95. The molecule has 6 heteroatoms. The van der Waals surface area contributed by atoms with Gasteiger partial charge in [-0.1, -0.05) is 30.3 Å². The zero-order chi connectivity index (χ0) is 20.0. The standard InChI is InChI=1S/C23H25N3O3/c27-13-19-21(17-5-2-1-3-6-17)23(26(19)20(28)11-16-8-9-16)14-25(15-23)22(29)18-7-4-10-24-12-18/h1-7,10,12,16,19,21,27H,8-9,11,13-15H2/t19-,21-/m1/s1. The molecule has 1 aliphatic carbocycles. The Labute approximate surface area is 170 Å². The summed E-state index contributed by atoms with van der Waals surface area (Å²) in [5.74, 6) is 0.586. The highest BCUT2D eigenvalue weighted by Gasteiger charge is 2.68. The van der Waals surface area contributed by atoms with Crippen LogP contribution in [0.5, 0.6) is 0 Å². The molecule has 2 aromatic rings. The van der Waals surface area contributed by atoms with Crippen LogP contribution < -0.4 is 0 Å². The molecule has 3 fully saturated rings. The van der Waals surface area contributed by atoms with E-state index in [-0.39, 0.29) is 30.4 Å². The molecule has 2 amide bonds. The first-order valence-electron chi connectivity index (χ1n) is 10.3. The van der Waals surface area contributed by atoms with Crippen LogP contribution in [0.15, 0.2) is 54.9 Å². The van der Waals surface area contributed by atoms with Gasteiger partial charge >= 0.3 is 0 Å². The Morgan fingerprint density at radius 1 is 1.10 bits per heavy atom. The predicted molar refractivity (Wildman–Crippen MR) is 107 cm³/mol. The van der Waals surface area contributed by atoms with Crippen LogP contribution in [0, 0.1) is 5.92 Å². The van der Waals surface area contributed by atoms with Crippen molar-refractivity contribution in [2.24, 2.45) is 5.92 Å². The average molecular weight is 391 g/mol. The summed E-state index contributed by atoms with van der Waals surface area (Å²) in [6.45, 7) is 0.925. The van der Waals surface area contributed by atoms with Crippen molar-refractivity contribution in [2.45, 2.75) is 36.8 Å². The zero-order valence-electron chi connectivity index (χ0n) is 16.3. The summed E-state index contributed by atoms with van der Waals surface area (Å²) in [6.07, 6.45) is 6.01. The van der Waals surface area contributed by atoms with E-state index in [2.05, 4.69) is 17.1 Å². The van der Waals surface area contributed by atoms with Gasteiger partial charge in [0.1, 0.15) is 0 Å². The first-order chi connectivity index (χ1) is 14.1. The Bertz CT molecular complexity index is 907. The molecule has 6 nitrogen and oxygen atoms in total. The van der Waals surface area contributed by atoms with Gasteiger partial charge < -0.3 is 14.9 Å². The lowest BCUT2D eigenvalue weighted by molar-refractivity contribution is -0.193. The number of carbonyl (C=O) groups is 2. The molecule has 5 rings (SSSR count). The molecule has 0 radical (unpaired) electrons. The Kier molecular flexibility index (Phi) is 4.39. The van der Waals surface area contributed by atoms with Crippen molar-refractivity contribution >= 4 is 11.8 Å². The highest BCUT2D eigenvalue weighted by Crippen LogP contribution is 2.54. The Morgan fingerprint density at radius 2 is 1.86 bits per heavy atom. The van der Waals surface area contributed by atoms with Gasteiger partial charge in [-0.15, -0.1) is 0 Å². The largest absolute Gasteiger partial charge is 0.394 e. The fourth-order valence-electron chi connectivity index (χ4n) is 5.16. The maximum atomic E-state index is 13.1. The molecule has 0 bridgehead atoms. The molecule has 29 heavy (non-hydrogen) atoms. The fourth-order valence-corrected chi connectivity index (χ4v) is 5.16. The summed E-state index contributed by atoms with van der Waals surface area (Å²) in [4.78, 5) is 33.7. The number of aliphatic hydroxyl groups is 1. The van der Waals surface area contributed by atoms with Crippen molar-refractivity contribution in [3.63, 3.8) is 0 Å². The SMILES string of the molecule is O=C(c1cccnc1)N1CC2(C1)[C@H](c1ccccc1)[C@@H](CO)N2C(=O)CC1CC1. The third-order valence-electron chi connectivity index (χ3n) is 6.67. The van der Waals surface area contributed by atoms with Crippen LogP contribution in [0.25, 0.3) is 0 Å². The van der Waals surface area contributed by atoms with Crippen molar-refractivity contribution in [1.82, 2.24) is 14.8 Å². The molecular weight excluding hydrogens is 366 g/mol. The lowest BCUT2D eigenvalue weighted by atomic mass is 9.60. The van der Waals surface area contributed by atoms with Crippen molar-refractivity contribution in [2.75, 3.05) is 19.7 Å². The Hall–Kier alpha value is -2.73. The van der Waals surface area contributed by atoms with Gasteiger partial charge in [0.15, 0.2) is 0 Å². The summed E-state index contributed by atoms with van der Waals surface area (Å²) in [7, 11) is 0. The summed E-state index contributed by atoms with van der Waals surface area (Å²) >= 11 is 0. The molecule has 2 saturated heterocycles. The number of nitrogens with zero attached hydrogens (tertiary/aromatic N) is 3. The van der Waals surface area contributed by atoms with Gasteiger partial charge in [-0.3, -0.25) is 14.6 Å². The van der Waals surface area contributed by atoms with Gasteiger partial charge in [-0.05, 0) is 36.5 Å². The van der Waals surface area contributed by atoms with E-state index in [1.54, 1.807) is 29.4 Å². The number of carbonyl (C=O) groups excluding carboxylic acids is 2. The van der Waals surface area contributed by atoms with Crippen LogP contribution in [0.4, 0.5) is 0 Å². The fraction of sp³-hybridized carbons (Fsp3) is 0.435. The minimum Gasteiger partial charge on any atom is -0.394 e.